The van der Waals surface area contributed by atoms with E-state index in [4.69, 9.17) is 11.6 Å². The van der Waals surface area contributed by atoms with Gasteiger partial charge >= 0.3 is 0 Å². The minimum Gasteiger partial charge on any atom is -0.396 e. The molecule has 5 heteroatoms. The molecule has 0 aromatic heterocycles. The number of rotatable bonds is 3. The Labute approximate surface area is 122 Å². The van der Waals surface area contributed by atoms with Crippen molar-refractivity contribution in [2.75, 3.05) is 6.61 Å². The van der Waals surface area contributed by atoms with Gasteiger partial charge in [-0.3, -0.25) is 4.79 Å². The first-order valence-electron chi connectivity index (χ1n) is 6.97. The molecule has 0 saturated heterocycles. The number of benzene rings is 1. The summed E-state index contributed by atoms with van der Waals surface area (Å²) < 4.78 is 13.9. The fourth-order valence-electron chi connectivity index (χ4n) is 3.81. The maximum absolute atomic E-state index is 13.9. The number of hydrogen-bond acceptors (Lipinski definition) is 2. The molecule has 0 spiro atoms. The highest BCUT2D eigenvalue weighted by Gasteiger charge is 2.47. The second kappa shape index (κ2) is 5.34. The Morgan fingerprint density at radius 2 is 2.15 bits per heavy atom. The zero-order chi connectivity index (χ0) is 14.3. The standard InChI is InChI=1S/C15H17ClFNO2/c16-12-3-1-2-10(13(12)17)15(20)18-14-9-5-4-8(6-9)11(14)7-19/h1-3,8-9,11,14,19H,4-7H2,(H,18,20). The molecule has 2 aliphatic carbocycles. The first-order chi connectivity index (χ1) is 9.61. The third-order valence-corrected chi connectivity index (χ3v) is 5.09. The highest BCUT2D eigenvalue weighted by molar-refractivity contribution is 6.31. The Hall–Kier alpha value is -1.13. The zero-order valence-corrected chi connectivity index (χ0v) is 11.7. The molecule has 2 saturated carbocycles. The SMILES string of the molecule is O=C(NC1C2CCC(C2)C1CO)c1cccc(Cl)c1F. The van der Waals surface area contributed by atoms with Gasteiger partial charge in [0.15, 0.2) is 5.82 Å². The van der Waals surface area contributed by atoms with Crippen LogP contribution in [0.2, 0.25) is 5.02 Å². The van der Waals surface area contributed by atoms with E-state index in [9.17, 15) is 14.3 Å². The van der Waals surface area contributed by atoms with Crippen molar-refractivity contribution in [3.8, 4) is 0 Å². The second-order valence-electron chi connectivity index (χ2n) is 5.78. The van der Waals surface area contributed by atoms with Crippen molar-refractivity contribution >= 4 is 17.5 Å². The van der Waals surface area contributed by atoms with Gasteiger partial charge < -0.3 is 10.4 Å². The fourth-order valence-corrected chi connectivity index (χ4v) is 3.98. The summed E-state index contributed by atoms with van der Waals surface area (Å²) in [5.74, 6) is -0.140. The van der Waals surface area contributed by atoms with Gasteiger partial charge in [-0.15, -0.1) is 0 Å². The molecule has 2 fully saturated rings. The lowest BCUT2D eigenvalue weighted by Crippen LogP contribution is -2.45. The quantitative estimate of drug-likeness (QED) is 0.901. The molecule has 2 aliphatic rings. The van der Waals surface area contributed by atoms with E-state index in [2.05, 4.69) is 5.32 Å². The Balaban J connectivity index is 1.77. The van der Waals surface area contributed by atoms with Crippen LogP contribution in [0, 0.1) is 23.6 Å². The van der Waals surface area contributed by atoms with Gasteiger partial charge in [0.1, 0.15) is 0 Å². The summed E-state index contributed by atoms with van der Waals surface area (Å²) in [7, 11) is 0. The average Bonchev–Trinajstić information content (AvgIpc) is 3.02. The van der Waals surface area contributed by atoms with Crippen LogP contribution in [0.1, 0.15) is 29.6 Å². The zero-order valence-electron chi connectivity index (χ0n) is 11.0. The largest absolute Gasteiger partial charge is 0.396 e. The Bertz CT molecular complexity index is 537. The lowest BCUT2D eigenvalue weighted by molar-refractivity contribution is 0.0857. The van der Waals surface area contributed by atoms with Crippen molar-refractivity contribution in [3.05, 3.63) is 34.6 Å². The molecule has 108 valence electrons. The Morgan fingerprint density at radius 1 is 1.40 bits per heavy atom. The predicted octanol–water partition coefficient (Wildman–Crippen LogP) is 2.62. The summed E-state index contributed by atoms with van der Waals surface area (Å²) in [6, 6.07) is 4.36. The van der Waals surface area contributed by atoms with Crippen LogP contribution in [-0.4, -0.2) is 23.7 Å². The molecule has 0 heterocycles. The molecule has 4 unspecified atom stereocenters. The molecule has 4 atom stereocenters. The molecule has 0 aliphatic heterocycles. The lowest BCUT2D eigenvalue weighted by atomic mass is 9.85. The molecule has 3 rings (SSSR count). The van der Waals surface area contributed by atoms with Crippen molar-refractivity contribution in [2.24, 2.45) is 17.8 Å². The molecule has 1 aromatic rings. The Kier molecular flexibility index (Phi) is 3.69. The molecular formula is C15H17ClFNO2. The smallest absolute Gasteiger partial charge is 0.254 e. The second-order valence-corrected chi connectivity index (χ2v) is 6.19. The number of carbonyl (C=O) groups excluding carboxylic acids is 1. The number of halogens is 2. The summed E-state index contributed by atoms with van der Waals surface area (Å²) >= 11 is 5.70. The number of aliphatic hydroxyl groups excluding tert-OH is 1. The van der Waals surface area contributed by atoms with Crippen LogP contribution < -0.4 is 5.32 Å². The average molecular weight is 298 g/mol. The topological polar surface area (TPSA) is 49.3 Å². The third-order valence-electron chi connectivity index (χ3n) is 4.79. The molecular weight excluding hydrogens is 281 g/mol. The van der Waals surface area contributed by atoms with E-state index < -0.39 is 11.7 Å². The van der Waals surface area contributed by atoms with E-state index in [1.807, 2.05) is 0 Å². The molecule has 1 aromatic carbocycles. The van der Waals surface area contributed by atoms with Gasteiger partial charge in [0.05, 0.1) is 10.6 Å². The molecule has 20 heavy (non-hydrogen) atoms. The van der Waals surface area contributed by atoms with Crippen LogP contribution in [0.15, 0.2) is 18.2 Å². The number of fused-ring (bicyclic) bond motifs is 2. The van der Waals surface area contributed by atoms with Gasteiger partial charge in [0.2, 0.25) is 0 Å². The lowest BCUT2D eigenvalue weighted by Gasteiger charge is -2.30. The van der Waals surface area contributed by atoms with Gasteiger partial charge in [-0.2, -0.15) is 0 Å². The van der Waals surface area contributed by atoms with Gasteiger partial charge in [0.25, 0.3) is 5.91 Å². The van der Waals surface area contributed by atoms with E-state index >= 15 is 0 Å². The van der Waals surface area contributed by atoms with Crippen LogP contribution in [0.3, 0.4) is 0 Å². The summed E-state index contributed by atoms with van der Waals surface area (Å²) in [5.41, 5.74) is -0.0306. The Morgan fingerprint density at radius 3 is 2.90 bits per heavy atom. The molecule has 3 nitrogen and oxygen atoms in total. The number of amides is 1. The highest BCUT2D eigenvalue weighted by Crippen LogP contribution is 2.48. The van der Waals surface area contributed by atoms with Crippen molar-refractivity contribution in [3.63, 3.8) is 0 Å². The number of aliphatic hydroxyl groups is 1. The summed E-state index contributed by atoms with van der Waals surface area (Å²) in [4.78, 5) is 12.2. The third kappa shape index (κ3) is 2.21. The van der Waals surface area contributed by atoms with Crippen molar-refractivity contribution < 1.29 is 14.3 Å². The van der Waals surface area contributed by atoms with Crippen molar-refractivity contribution in [1.82, 2.24) is 5.32 Å². The van der Waals surface area contributed by atoms with E-state index in [0.29, 0.717) is 11.8 Å². The van der Waals surface area contributed by atoms with Crippen LogP contribution in [0.5, 0.6) is 0 Å². The van der Waals surface area contributed by atoms with E-state index in [0.717, 1.165) is 19.3 Å². The number of carbonyl (C=O) groups is 1. The van der Waals surface area contributed by atoms with E-state index in [1.54, 1.807) is 6.07 Å². The highest BCUT2D eigenvalue weighted by atomic mass is 35.5. The minimum absolute atomic E-state index is 0.0306. The maximum Gasteiger partial charge on any atom is 0.254 e. The minimum atomic E-state index is -0.685. The number of nitrogens with one attached hydrogen (secondary N) is 1. The first-order valence-corrected chi connectivity index (χ1v) is 7.35. The van der Waals surface area contributed by atoms with Crippen LogP contribution in [0.4, 0.5) is 4.39 Å². The predicted molar refractivity (Wildman–Crippen MR) is 74.1 cm³/mol. The van der Waals surface area contributed by atoms with Gasteiger partial charge in [-0.1, -0.05) is 17.7 Å². The molecule has 2 bridgehead atoms. The van der Waals surface area contributed by atoms with Gasteiger partial charge in [0, 0.05) is 18.6 Å². The molecule has 2 N–H and O–H groups in total. The van der Waals surface area contributed by atoms with Crippen LogP contribution in [-0.2, 0) is 0 Å². The number of hydrogen-bond donors (Lipinski definition) is 2. The molecule has 0 radical (unpaired) electrons. The summed E-state index contributed by atoms with van der Waals surface area (Å²) in [5, 5.41) is 12.3. The monoisotopic (exact) mass is 297 g/mol. The van der Waals surface area contributed by atoms with Crippen LogP contribution in [0.25, 0.3) is 0 Å². The summed E-state index contributed by atoms with van der Waals surface area (Å²) in [6.45, 7) is 0.0736. The van der Waals surface area contributed by atoms with Crippen molar-refractivity contribution in [1.29, 1.82) is 0 Å². The van der Waals surface area contributed by atoms with Gasteiger partial charge in [-0.05, 0) is 43.2 Å². The normalized spacial score (nSPS) is 31.6. The fraction of sp³-hybridized carbons (Fsp3) is 0.533. The first kappa shape index (κ1) is 13.8. The van der Waals surface area contributed by atoms with Gasteiger partial charge in [-0.25, -0.2) is 4.39 Å². The van der Waals surface area contributed by atoms with E-state index in [1.165, 1.54) is 12.1 Å². The summed E-state index contributed by atoms with van der Waals surface area (Å²) in [6.07, 6.45) is 3.24. The van der Waals surface area contributed by atoms with Crippen LogP contribution >= 0.6 is 11.6 Å². The van der Waals surface area contributed by atoms with E-state index in [-0.39, 0.29) is 29.2 Å². The molecule has 1 amide bonds. The maximum atomic E-state index is 13.9. The van der Waals surface area contributed by atoms with Crippen molar-refractivity contribution in [2.45, 2.75) is 25.3 Å².